The fourth-order valence-corrected chi connectivity index (χ4v) is 2.95. The summed E-state index contributed by atoms with van der Waals surface area (Å²) >= 11 is 1.72. The van der Waals surface area contributed by atoms with Crippen molar-refractivity contribution in [2.45, 2.75) is 52.0 Å². The number of aromatic nitrogens is 1. The first-order valence-corrected chi connectivity index (χ1v) is 9.34. The zero-order valence-electron chi connectivity index (χ0n) is 15.2. The lowest BCUT2D eigenvalue weighted by Gasteiger charge is -2.14. The molecular weight excluding hydrogens is 435 g/mol. The Morgan fingerprint density at radius 1 is 1.38 bits per heavy atom. The van der Waals surface area contributed by atoms with Gasteiger partial charge in [0.05, 0.1) is 17.2 Å². The molecule has 1 aliphatic rings. The van der Waals surface area contributed by atoms with Crippen LogP contribution in [0, 0.1) is 5.92 Å². The Labute approximate surface area is 167 Å². The van der Waals surface area contributed by atoms with E-state index in [1.54, 1.807) is 18.4 Å². The molecule has 0 radical (unpaired) electrons. The SMILES string of the molecule is CN=C(NCCCOCC1CC1)NCc1csc(C(C)(C)C)n1.I. The van der Waals surface area contributed by atoms with Gasteiger partial charge in [-0.15, -0.1) is 35.3 Å². The Morgan fingerprint density at radius 3 is 2.71 bits per heavy atom. The third-order valence-corrected chi connectivity index (χ3v) is 4.98. The molecule has 0 atom stereocenters. The van der Waals surface area contributed by atoms with E-state index in [1.165, 1.54) is 17.8 Å². The van der Waals surface area contributed by atoms with Gasteiger partial charge >= 0.3 is 0 Å². The summed E-state index contributed by atoms with van der Waals surface area (Å²) in [4.78, 5) is 8.93. The molecule has 138 valence electrons. The minimum Gasteiger partial charge on any atom is -0.381 e. The predicted molar refractivity (Wildman–Crippen MR) is 113 cm³/mol. The van der Waals surface area contributed by atoms with Crippen molar-refractivity contribution in [1.29, 1.82) is 0 Å². The standard InChI is InChI=1S/C17H30N4OS.HI/c1-17(2,3)15-21-14(12-23-15)10-20-16(18-4)19-8-5-9-22-11-13-6-7-13;/h12-13H,5-11H2,1-4H3,(H2,18,19,20);1H. The Hall–Kier alpha value is -0.410. The van der Waals surface area contributed by atoms with Gasteiger partial charge in [-0.3, -0.25) is 4.99 Å². The lowest BCUT2D eigenvalue weighted by atomic mass is 9.98. The van der Waals surface area contributed by atoms with Crippen molar-refractivity contribution in [2.75, 3.05) is 26.8 Å². The number of thiazole rings is 1. The molecule has 0 spiro atoms. The van der Waals surface area contributed by atoms with Crippen LogP contribution in [0.5, 0.6) is 0 Å². The van der Waals surface area contributed by atoms with E-state index < -0.39 is 0 Å². The molecule has 1 aliphatic carbocycles. The van der Waals surface area contributed by atoms with Crippen LogP contribution in [0.25, 0.3) is 0 Å². The summed E-state index contributed by atoms with van der Waals surface area (Å²) in [6.07, 6.45) is 3.70. The van der Waals surface area contributed by atoms with Gasteiger partial charge in [-0.1, -0.05) is 20.8 Å². The first-order valence-electron chi connectivity index (χ1n) is 8.46. The zero-order valence-corrected chi connectivity index (χ0v) is 18.4. The topological polar surface area (TPSA) is 58.5 Å². The van der Waals surface area contributed by atoms with Crippen LogP contribution in [0.3, 0.4) is 0 Å². The number of ether oxygens (including phenoxy) is 1. The van der Waals surface area contributed by atoms with Gasteiger partial charge in [0, 0.05) is 37.6 Å². The molecule has 1 aromatic heterocycles. The van der Waals surface area contributed by atoms with Crippen molar-refractivity contribution in [3.63, 3.8) is 0 Å². The lowest BCUT2D eigenvalue weighted by molar-refractivity contribution is 0.123. The largest absolute Gasteiger partial charge is 0.381 e. The van der Waals surface area contributed by atoms with Crippen molar-refractivity contribution in [3.05, 3.63) is 16.1 Å². The maximum Gasteiger partial charge on any atom is 0.191 e. The molecule has 1 aromatic rings. The molecule has 0 unspecified atom stereocenters. The third-order valence-electron chi connectivity index (χ3n) is 3.66. The van der Waals surface area contributed by atoms with Crippen LogP contribution in [0.15, 0.2) is 10.4 Å². The molecular formula is C17H31IN4OS. The molecule has 5 nitrogen and oxygen atoms in total. The normalized spacial score (nSPS) is 15.1. The number of halogens is 1. The maximum absolute atomic E-state index is 5.63. The van der Waals surface area contributed by atoms with Gasteiger partial charge in [0.2, 0.25) is 0 Å². The number of rotatable bonds is 8. The van der Waals surface area contributed by atoms with Gasteiger partial charge in [0.1, 0.15) is 0 Å². The number of hydrogen-bond acceptors (Lipinski definition) is 4. The van der Waals surface area contributed by atoms with Crippen molar-refractivity contribution in [3.8, 4) is 0 Å². The zero-order chi connectivity index (χ0) is 16.7. The molecule has 0 aliphatic heterocycles. The van der Waals surface area contributed by atoms with Gasteiger partial charge in [-0.25, -0.2) is 4.98 Å². The first kappa shape index (κ1) is 21.6. The predicted octanol–water partition coefficient (Wildman–Crippen LogP) is 3.54. The summed E-state index contributed by atoms with van der Waals surface area (Å²) in [5, 5.41) is 9.92. The first-order chi connectivity index (χ1) is 11.0. The van der Waals surface area contributed by atoms with Crippen LogP contribution < -0.4 is 10.6 Å². The molecule has 1 fully saturated rings. The van der Waals surface area contributed by atoms with Crippen molar-refractivity contribution in [2.24, 2.45) is 10.9 Å². The van der Waals surface area contributed by atoms with Crippen LogP contribution in [-0.4, -0.2) is 37.7 Å². The Morgan fingerprint density at radius 2 is 2.12 bits per heavy atom. The number of guanidine groups is 1. The summed E-state index contributed by atoms with van der Waals surface area (Å²) in [6, 6.07) is 0. The van der Waals surface area contributed by atoms with Crippen LogP contribution in [0.2, 0.25) is 0 Å². The van der Waals surface area contributed by atoms with Crippen LogP contribution in [0.4, 0.5) is 0 Å². The minimum absolute atomic E-state index is 0. The monoisotopic (exact) mass is 466 g/mol. The van der Waals surface area contributed by atoms with E-state index in [1.807, 2.05) is 0 Å². The smallest absolute Gasteiger partial charge is 0.191 e. The van der Waals surface area contributed by atoms with Crippen LogP contribution >= 0.6 is 35.3 Å². The van der Waals surface area contributed by atoms with Gasteiger partial charge in [-0.2, -0.15) is 0 Å². The Kier molecular flexibility index (Phi) is 9.51. The quantitative estimate of drug-likeness (QED) is 0.266. The van der Waals surface area contributed by atoms with Crippen molar-refractivity contribution < 1.29 is 4.74 Å². The molecule has 1 heterocycles. The molecule has 2 N–H and O–H groups in total. The molecule has 0 saturated heterocycles. The number of hydrogen-bond donors (Lipinski definition) is 2. The summed E-state index contributed by atoms with van der Waals surface area (Å²) in [7, 11) is 1.79. The van der Waals surface area contributed by atoms with Gasteiger partial charge in [-0.05, 0) is 25.2 Å². The minimum atomic E-state index is 0. The highest BCUT2D eigenvalue weighted by Gasteiger charge is 2.20. The summed E-state index contributed by atoms with van der Waals surface area (Å²) in [5.41, 5.74) is 1.18. The van der Waals surface area contributed by atoms with E-state index in [0.29, 0.717) is 6.54 Å². The van der Waals surface area contributed by atoms with Gasteiger partial charge in [0.25, 0.3) is 0 Å². The number of aliphatic imine (C=N–C) groups is 1. The average molecular weight is 466 g/mol. The third kappa shape index (κ3) is 8.11. The van der Waals surface area contributed by atoms with Crippen LogP contribution in [0.1, 0.15) is 50.7 Å². The number of nitrogens with zero attached hydrogens (tertiary/aromatic N) is 2. The molecule has 24 heavy (non-hydrogen) atoms. The fraction of sp³-hybridized carbons (Fsp3) is 0.765. The highest BCUT2D eigenvalue weighted by Crippen LogP contribution is 2.28. The van der Waals surface area contributed by atoms with Crippen molar-refractivity contribution >= 4 is 41.3 Å². The molecule has 2 rings (SSSR count). The maximum atomic E-state index is 5.63. The molecule has 0 bridgehead atoms. The second-order valence-electron chi connectivity index (χ2n) is 7.12. The second-order valence-corrected chi connectivity index (χ2v) is 7.98. The highest BCUT2D eigenvalue weighted by molar-refractivity contribution is 14.0. The summed E-state index contributed by atoms with van der Waals surface area (Å²) < 4.78 is 5.63. The van der Waals surface area contributed by atoms with E-state index in [0.717, 1.165) is 43.8 Å². The lowest BCUT2D eigenvalue weighted by Crippen LogP contribution is -2.37. The summed E-state index contributed by atoms with van der Waals surface area (Å²) in [5.74, 6) is 1.66. The molecule has 0 aromatic carbocycles. The van der Waals surface area contributed by atoms with Gasteiger partial charge < -0.3 is 15.4 Å². The summed E-state index contributed by atoms with van der Waals surface area (Å²) in [6.45, 7) is 9.89. The molecule has 7 heteroatoms. The highest BCUT2D eigenvalue weighted by atomic mass is 127. The van der Waals surface area contributed by atoms with Crippen molar-refractivity contribution in [1.82, 2.24) is 15.6 Å². The Balaban J connectivity index is 0.00000288. The van der Waals surface area contributed by atoms with E-state index in [-0.39, 0.29) is 29.4 Å². The fourth-order valence-electron chi connectivity index (χ4n) is 2.04. The van der Waals surface area contributed by atoms with E-state index in [4.69, 9.17) is 4.74 Å². The average Bonchev–Trinajstić information content (AvgIpc) is 3.19. The van der Waals surface area contributed by atoms with Crippen LogP contribution in [-0.2, 0) is 16.7 Å². The Bertz CT molecular complexity index is 509. The van der Waals surface area contributed by atoms with E-state index in [9.17, 15) is 0 Å². The van der Waals surface area contributed by atoms with E-state index >= 15 is 0 Å². The molecule has 1 saturated carbocycles. The van der Waals surface area contributed by atoms with Gasteiger partial charge in [0.15, 0.2) is 5.96 Å². The van der Waals surface area contributed by atoms with E-state index in [2.05, 4.69) is 46.8 Å². The number of nitrogens with one attached hydrogen (secondary N) is 2. The second kappa shape index (κ2) is 10.6. The molecule has 0 amide bonds.